The summed E-state index contributed by atoms with van der Waals surface area (Å²) >= 11 is -1.74. The highest BCUT2D eigenvalue weighted by molar-refractivity contribution is 7.91. The number of nitrogens with zero attached hydrogens (tertiary/aromatic N) is 2. The van der Waals surface area contributed by atoms with Gasteiger partial charge in [-0.25, -0.2) is 4.39 Å². The van der Waals surface area contributed by atoms with E-state index in [0.717, 1.165) is 30.3 Å². The lowest BCUT2D eigenvalue weighted by atomic mass is 10.0. The SMILES string of the molecule is CC(C)(C)[S@@+]([O-])/N=C(/c1ccc(C(F)(F)F)cc1)c1ncccc1F. The molecule has 0 aliphatic heterocycles. The highest BCUT2D eigenvalue weighted by Gasteiger charge is 2.31. The predicted molar refractivity (Wildman–Crippen MR) is 89.2 cm³/mol. The van der Waals surface area contributed by atoms with Gasteiger partial charge in [0.15, 0.2) is 5.82 Å². The van der Waals surface area contributed by atoms with Crippen LogP contribution in [-0.4, -0.2) is 20.0 Å². The molecular weight excluding hydrogens is 356 g/mol. The highest BCUT2D eigenvalue weighted by Crippen LogP contribution is 2.30. The summed E-state index contributed by atoms with van der Waals surface area (Å²) in [5.74, 6) is -0.702. The van der Waals surface area contributed by atoms with Crippen LogP contribution in [0.25, 0.3) is 0 Å². The molecule has 0 aliphatic rings. The zero-order valence-electron chi connectivity index (χ0n) is 13.8. The van der Waals surface area contributed by atoms with Crippen LogP contribution in [-0.2, 0) is 17.5 Å². The fourth-order valence-electron chi connectivity index (χ4n) is 1.83. The molecule has 2 aromatic rings. The van der Waals surface area contributed by atoms with E-state index in [1.54, 1.807) is 20.8 Å². The molecule has 25 heavy (non-hydrogen) atoms. The monoisotopic (exact) mass is 372 g/mol. The molecule has 1 heterocycles. The van der Waals surface area contributed by atoms with E-state index in [4.69, 9.17) is 0 Å². The standard InChI is InChI=1S/C17H16F4N2OS/c1-16(2,3)25(24)23-14(15-13(18)5-4-10-22-15)11-6-8-12(9-7-11)17(19,20)21/h4-10H,1-3H3/b23-14-/t25-/m1/s1. The van der Waals surface area contributed by atoms with Crippen molar-refractivity contribution >= 4 is 17.1 Å². The van der Waals surface area contributed by atoms with E-state index in [2.05, 4.69) is 9.38 Å². The topological polar surface area (TPSA) is 48.3 Å². The lowest BCUT2D eigenvalue weighted by Crippen LogP contribution is -2.27. The summed E-state index contributed by atoms with van der Waals surface area (Å²) in [4.78, 5) is 3.90. The van der Waals surface area contributed by atoms with Gasteiger partial charge in [0.05, 0.1) is 5.56 Å². The second-order valence-electron chi connectivity index (χ2n) is 6.21. The van der Waals surface area contributed by atoms with Crippen LogP contribution in [0.3, 0.4) is 0 Å². The number of aromatic nitrogens is 1. The second kappa shape index (κ2) is 7.13. The average molecular weight is 372 g/mol. The van der Waals surface area contributed by atoms with E-state index < -0.39 is 33.7 Å². The van der Waals surface area contributed by atoms with Crippen LogP contribution in [0.5, 0.6) is 0 Å². The first-order valence-electron chi connectivity index (χ1n) is 7.29. The van der Waals surface area contributed by atoms with Crippen molar-refractivity contribution in [3.05, 3.63) is 65.2 Å². The minimum absolute atomic E-state index is 0.0555. The molecule has 8 heteroatoms. The Morgan fingerprint density at radius 2 is 1.68 bits per heavy atom. The predicted octanol–water partition coefficient (Wildman–Crippen LogP) is 4.54. The maximum absolute atomic E-state index is 14.1. The molecule has 0 aliphatic carbocycles. The molecule has 0 bridgehead atoms. The fourth-order valence-corrected chi connectivity index (χ4v) is 2.46. The van der Waals surface area contributed by atoms with Gasteiger partial charge in [-0.1, -0.05) is 16.5 Å². The normalized spacial score (nSPS) is 14.5. The maximum atomic E-state index is 14.1. The number of pyridine rings is 1. The molecule has 0 radical (unpaired) electrons. The summed E-state index contributed by atoms with van der Waals surface area (Å²) in [5, 5.41) is 0. The lowest BCUT2D eigenvalue weighted by Gasteiger charge is -2.19. The minimum atomic E-state index is -4.49. The van der Waals surface area contributed by atoms with Gasteiger partial charge >= 0.3 is 6.18 Å². The summed E-state index contributed by atoms with van der Waals surface area (Å²) < 4.78 is 68.0. The number of hydrogen-bond donors (Lipinski definition) is 0. The van der Waals surface area contributed by atoms with E-state index in [1.165, 1.54) is 12.3 Å². The summed E-state index contributed by atoms with van der Waals surface area (Å²) in [6.45, 7) is 5.06. The first-order valence-corrected chi connectivity index (χ1v) is 8.40. The Balaban J connectivity index is 2.56. The third kappa shape index (κ3) is 4.79. The Hall–Kier alpha value is -1.93. The number of rotatable bonds is 3. The zero-order valence-corrected chi connectivity index (χ0v) is 14.6. The van der Waals surface area contributed by atoms with Crippen molar-refractivity contribution in [2.45, 2.75) is 31.7 Å². The molecule has 0 saturated heterocycles. The van der Waals surface area contributed by atoms with Gasteiger partial charge in [0.1, 0.15) is 27.5 Å². The van der Waals surface area contributed by atoms with Gasteiger partial charge in [0, 0.05) is 11.8 Å². The molecule has 0 fully saturated rings. The molecule has 0 amide bonds. The third-order valence-corrected chi connectivity index (χ3v) is 4.56. The smallest absolute Gasteiger partial charge is 0.416 e. The molecule has 2 rings (SSSR count). The number of hydrogen-bond acceptors (Lipinski definition) is 3. The van der Waals surface area contributed by atoms with Crippen molar-refractivity contribution in [3.8, 4) is 0 Å². The summed E-state index contributed by atoms with van der Waals surface area (Å²) in [5.41, 5.74) is -0.864. The van der Waals surface area contributed by atoms with Crippen LogP contribution in [0, 0.1) is 5.82 Å². The van der Waals surface area contributed by atoms with E-state index in [9.17, 15) is 22.1 Å². The third-order valence-electron chi connectivity index (χ3n) is 3.17. The van der Waals surface area contributed by atoms with Gasteiger partial charge in [-0.2, -0.15) is 13.2 Å². The number of halogens is 4. The molecule has 0 saturated carbocycles. The Morgan fingerprint density at radius 3 is 2.16 bits per heavy atom. The first-order chi connectivity index (χ1) is 11.5. The fraction of sp³-hybridized carbons (Fsp3) is 0.294. The van der Waals surface area contributed by atoms with E-state index in [-0.39, 0.29) is 17.0 Å². The largest absolute Gasteiger partial charge is 0.591 e. The van der Waals surface area contributed by atoms with Crippen molar-refractivity contribution in [3.63, 3.8) is 0 Å². The molecule has 134 valence electrons. The van der Waals surface area contributed by atoms with E-state index >= 15 is 0 Å². The second-order valence-corrected chi connectivity index (χ2v) is 8.12. The van der Waals surface area contributed by atoms with E-state index in [0.29, 0.717) is 0 Å². The minimum Gasteiger partial charge on any atom is -0.591 e. The van der Waals surface area contributed by atoms with Crippen LogP contribution >= 0.6 is 0 Å². The Labute approximate surface area is 146 Å². The van der Waals surface area contributed by atoms with Crippen LogP contribution in [0.2, 0.25) is 0 Å². The van der Waals surface area contributed by atoms with Gasteiger partial charge < -0.3 is 4.55 Å². The number of benzene rings is 1. The Morgan fingerprint density at radius 1 is 1.08 bits per heavy atom. The maximum Gasteiger partial charge on any atom is 0.416 e. The molecule has 0 N–H and O–H groups in total. The quantitative estimate of drug-likeness (QED) is 0.451. The molecular formula is C17H16F4N2OS. The van der Waals surface area contributed by atoms with Gasteiger partial charge in [-0.3, -0.25) is 4.98 Å². The number of alkyl halides is 3. The zero-order chi connectivity index (χ0) is 18.8. The van der Waals surface area contributed by atoms with Crippen molar-refractivity contribution < 1.29 is 22.1 Å². The van der Waals surface area contributed by atoms with Gasteiger partial charge in [0.2, 0.25) is 0 Å². The molecule has 0 unspecified atom stereocenters. The van der Waals surface area contributed by atoms with Crippen LogP contribution in [0.1, 0.15) is 37.6 Å². The molecule has 1 atom stereocenters. The highest BCUT2D eigenvalue weighted by atomic mass is 32.2. The van der Waals surface area contributed by atoms with Crippen molar-refractivity contribution in [2.24, 2.45) is 4.40 Å². The summed E-state index contributed by atoms with van der Waals surface area (Å²) in [6.07, 6.45) is -3.15. The Kier molecular flexibility index (Phi) is 5.53. The van der Waals surface area contributed by atoms with Crippen LogP contribution in [0.15, 0.2) is 47.0 Å². The van der Waals surface area contributed by atoms with Gasteiger partial charge in [0.25, 0.3) is 0 Å². The molecule has 1 aromatic carbocycles. The van der Waals surface area contributed by atoms with Crippen LogP contribution in [0.4, 0.5) is 17.6 Å². The van der Waals surface area contributed by atoms with Crippen LogP contribution < -0.4 is 0 Å². The molecule has 0 spiro atoms. The van der Waals surface area contributed by atoms with Crippen molar-refractivity contribution in [1.82, 2.24) is 4.98 Å². The van der Waals surface area contributed by atoms with Crippen molar-refractivity contribution in [1.29, 1.82) is 0 Å². The Bertz CT molecular complexity index is 767. The van der Waals surface area contributed by atoms with Gasteiger partial charge in [-0.15, -0.1) is 0 Å². The summed E-state index contributed by atoms with van der Waals surface area (Å²) in [7, 11) is 0. The first kappa shape index (κ1) is 19.4. The van der Waals surface area contributed by atoms with Gasteiger partial charge in [-0.05, 0) is 45.0 Å². The van der Waals surface area contributed by atoms with Crippen molar-refractivity contribution in [2.75, 3.05) is 0 Å². The lowest BCUT2D eigenvalue weighted by molar-refractivity contribution is -0.137. The average Bonchev–Trinajstić information content (AvgIpc) is 2.51. The summed E-state index contributed by atoms with van der Waals surface area (Å²) in [6, 6.07) is 6.59. The molecule has 3 nitrogen and oxygen atoms in total. The van der Waals surface area contributed by atoms with E-state index in [1.807, 2.05) is 0 Å². The molecule has 1 aromatic heterocycles.